The molecule has 0 aromatic carbocycles. The monoisotopic (exact) mass is 222 g/mol. The fourth-order valence-corrected chi connectivity index (χ4v) is 2.66. The third kappa shape index (κ3) is 12.7. The quantitative estimate of drug-likeness (QED) is 0.554. The van der Waals surface area contributed by atoms with E-state index < -0.39 is 0 Å². The molecule has 0 aromatic heterocycles. The average Bonchev–Trinajstić information content (AvgIpc) is 2.09. The molecule has 0 amide bonds. The van der Waals surface area contributed by atoms with Gasteiger partial charge in [-0.15, -0.1) is 0 Å². The van der Waals surface area contributed by atoms with E-state index in [-0.39, 0.29) is 0 Å². The Balaban J connectivity index is 2.84. The van der Waals surface area contributed by atoms with Gasteiger partial charge in [0.25, 0.3) is 0 Å². The Kier molecular flexibility index (Phi) is 11.3. The van der Waals surface area contributed by atoms with Crippen LogP contribution in [0.2, 0.25) is 0 Å². The fourth-order valence-electron chi connectivity index (χ4n) is 0.809. The first-order chi connectivity index (χ1) is 6.27. The van der Waals surface area contributed by atoms with Crippen LogP contribution in [0.1, 0.15) is 27.2 Å². The van der Waals surface area contributed by atoms with Gasteiger partial charge in [-0.1, -0.05) is 6.92 Å². The van der Waals surface area contributed by atoms with Crippen LogP contribution in [0.25, 0.3) is 0 Å². The molecule has 0 heterocycles. The van der Waals surface area contributed by atoms with Crippen molar-refractivity contribution in [3.05, 3.63) is 0 Å². The maximum atomic E-state index is 5.44. The Morgan fingerprint density at radius 1 is 1.00 bits per heavy atom. The van der Waals surface area contributed by atoms with E-state index in [2.05, 4.69) is 32.5 Å². The molecule has 0 spiro atoms. The molecule has 0 fully saturated rings. The van der Waals surface area contributed by atoms with Crippen molar-refractivity contribution >= 4 is 23.5 Å². The first-order valence-electron chi connectivity index (χ1n) is 5.04. The molecule has 0 saturated carbocycles. The molecular weight excluding hydrogens is 200 g/mol. The molecule has 0 aromatic rings. The molecular formula is C10H22OS2. The second kappa shape index (κ2) is 10.7. The van der Waals surface area contributed by atoms with Crippen LogP contribution < -0.4 is 0 Å². The Labute approximate surface area is 91.4 Å². The summed E-state index contributed by atoms with van der Waals surface area (Å²) in [6.45, 7) is 7.31. The van der Waals surface area contributed by atoms with Crippen LogP contribution in [0.3, 0.4) is 0 Å². The molecule has 1 nitrogen and oxygen atoms in total. The summed E-state index contributed by atoms with van der Waals surface area (Å²) >= 11 is 4.06. The lowest BCUT2D eigenvalue weighted by Crippen LogP contribution is -2.05. The Bertz CT molecular complexity index is 96.9. The minimum atomic E-state index is 0.384. The molecule has 0 saturated heterocycles. The van der Waals surface area contributed by atoms with Crippen LogP contribution in [-0.4, -0.2) is 35.7 Å². The normalized spacial score (nSPS) is 11.1. The van der Waals surface area contributed by atoms with Gasteiger partial charge in [0.15, 0.2) is 0 Å². The fraction of sp³-hybridized carbons (Fsp3) is 1.00. The van der Waals surface area contributed by atoms with Gasteiger partial charge in [-0.25, -0.2) is 0 Å². The van der Waals surface area contributed by atoms with E-state index in [1.807, 2.05) is 11.8 Å². The lowest BCUT2D eigenvalue weighted by Gasteiger charge is -2.06. The van der Waals surface area contributed by atoms with Gasteiger partial charge in [0.1, 0.15) is 0 Å². The number of thioether (sulfide) groups is 2. The standard InChI is InChI=1S/C10H22OS2/c1-4-6-12-8-9-13-7-5-11-10(2)3/h10H,4-9H2,1-3H3. The summed E-state index contributed by atoms with van der Waals surface area (Å²) in [5.74, 6) is 5.01. The summed E-state index contributed by atoms with van der Waals surface area (Å²) in [5, 5.41) is 0. The molecule has 0 aliphatic carbocycles. The Hall–Kier alpha value is 0.660. The molecule has 80 valence electrons. The molecule has 3 heteroatoms. The highest BCUT2D eigenvalue weighted by atomic mass is 32.2. The van der Waals surface area contributed by atoms with Gasteiger partial charge in [0.2, 0.25) is 0 Å². The molecule has 0 rings (SSSR count). The van der Waals surface area contributed by atoms with Gasteiger partial charge in [-0.3, -0.25) is 0 Å². The van der Waals surface area contributed by atoms with Gasteiger partial charge in [-0.05, 0) is 26.0 Å². The summed E-state index contributed by atoms with van der Waals surface area (Å²) in [6, 6.07) is 0. The van der Waals surface area contributed by atoms with Crippen molar-refractivity contribution in [3.8, 4) is 0 Å². The van der Waals surface area contributed by atoms with Crippen molar-refractivity contribution in [1.82, 2.24) is 0 Å². The van der Waals surface area contributed by atoms with E-state index in [1.54, 1.807) is 0 Å². The largest absolute Gasteiger partial charge is 0.378 e. The molecule has 0 radical (unpaired) electrons. The zero-order valence-electron chi connectivity index (χ0n) is 9.04. The van der Waals surface area contributed by atoms with Crippen molar-refractivity contribution in [2.45, 2.75) is 33.3 Å². The number of ether oxygens (including phenoxy) is 1. The van der Waals surface area contributed by atoms with E-state index in [0.29, 0.717) is 6.10 Å². The third-order valence-corrected chi connectivity index (χ3v) is 3.80. The zero-order valence-corrected chi connectivity index (χ0v) is 10.7. The number of hydrogen-bond donors (Lipinski definition) is 0. The van der Waals surface area contributed by atoms with Crippen LogP contribution in [0.15, 0.2) is 0 Å². The highest BCUT2D eigenvalue weighted by Gasteiger charge is 1.93. The maximum Gasteiger partial charge on any atom is 0.0560 e. The van der Waals surface area contributed by atoms with Gasteiger partial charge >= 0.3 is 0 Å². The van der Waals surface area contributed by atoms with Gasteiger partial charge in [0.05, 0.1) is 12.7 Å². The Morgan fingerprint density at radius 3 is 2.15 bits per heavy atom. The molecule has 13 heavy (non-hydrogen) atoms. The third-order valence-electron chi connectivity index (χ3n) is 1.40. The van der Waals surface area contributed by atoms with E-state index in [0.717, 1.165) is 12.4 Å². The summed E-state index contributed by atoms with van der Waals surface area (Å²) in [5.41, 5.74) is 0. The SMILES string of the molecule is CCCSCCSCCOC(C)C. The molecule has 0 N–H and O–H groups in total. The molecule has 0 bridgehead atoms. The van der Waals surface area contributed by atoms with Gasteiger partial charge in [0, 0.05) is 17.3 Å². The van der Waals surface area contributed by atoms with E-state index in [1.165, 1.54) is 23.7 Å². The number of rotatable bonds is 9. The molecule has 0 aliphatic heterocycles. The Morgan fingerprint density at radius 2 is 1.62 bits per heavy atom. The first-order valence-corrected chi connectivity index (χ1v) is 7.35. The second-order valence-corrected chi connectivity index (χ2v) is 5.59. The second-order valence-electron chi connectivity index (χ2n) is 3.14. The van der Waals surface area contributed by atoms with Gasteiger partial charge < -0.3 is 4.74 Å². The smallest absolute Gasteiger partial charge is 0.0560 e. The molecule has 0 aliphatic rings. The summed E-state index contributed by atoms with van der Waals surface area (Å²) in [4.78, 5) is 0. The highest BCUT2D eigenvalue weighted by molar-refractivity contribution is 8.02. The highest BCUT2D eigenvalue weighted by Crippen LogP contribution is 2.07. The lowest BCUT2D eigenvalue weighted by atomic mass is 10.5. The number of hydrogen-bond acceptors (Lipinski definition) is 3. The van der Waals surface area contributed by atoms with Crippen LogP contribution >= 0.6 is 23.5 Å². The van der Waals surface area contributed by atoms with Crippen LogP contribution in [0.4, 0.5) is 0 Å². The van der Waals surface area contributed by atoms with E-state index >= 15 is 0 Å². The topological polar surface area (TPSA) is 9.23 Å². The lowest BCUT2D eigenvalue weighted by molar-refractivity contribution is 0.0920. The average molecular weight is 222 g/mol. The predicted octanol–water partition coefficient (Wildman–Crippen LogP) is 3.29. The summed E-state index contributed by atoms with van der Waals surface area (Å²) in [6.07, 6.45) is 1.68. The van der Waals surface area contributed by atoms with Crippen LogP contribution in [-0.2, 0) is 4.74 Å². The predicted molar refractivity (Wildman–Crippen MR) is 66.0 cm³/mol. The minimum Gasteiger partial charge on any atom is -0.378 e. The van der Waals surface area contributed by atoms with Crippen molar-refractivity contribution in [2.75, 3.05) is 29.6 Å². The molecule has 0 unspecified atom stereocenters. The zero-order chi connectivity index (χ0) is 9.94. The van der Waals surface area contributed by atoms with E-state index in [4.69, 9.17) is 4.74 Å². The van der Waals surface area contributed by atoms with Crippen LogP contribution in [0.5, 0.6) is 0 Å². The van der Waals surface area contributed by atoms with Crippen molar-refractivity contribution in [3.63, 3.8) is 0 Å². The maximum absolute atomic E-state index is 5.44. The van der Waals surface area contributed by atoms with Gasteiger partial charge in [-0.2, -0.15) is 23.5 Å². The summed E-state index contributed by atoms with van der Waals surface area (Å²) < 4.78 is 5.44. The summed E-state index contributed by atoms with van der Waals surface area (Å²) in [7, 11) is 0. The van der Waals surface area contributed by atoms with Crippen LogP contribution in [0, 0.1) is 0 Å². The van der Waals surface area contributed by atoms with Crippen molar-refractivity contribution < 1.29 is 4.74 Å². The molecule has 0 atom stereocenters. The van der Waals surface area contributed by atoms with E-state index in [9.17, 15) is 0 Å². The van der Waals surface area contributed by atoms with Crippen molar-refractivity contribution in [2.24, 2.45) is 0 Å². The van der Waals surface area contributed by atoms with Crippen molar-refractivity contribution in [1.29, 1.82) is 0 Å². The minimum absolute atomic E-state index is 0.384. The first kappa shape index (κ1) is 13.7.